The van der Waals surface area contributed by atoms with Gasteiger partial charge in [-0.3, -0.25) is 14.5 Å². The molecular formula is C20H37NO4. The van der Waals surface area contributed by atoms with E-state index in [2.05, 4.69) is 39.6 Å². The van der Waals surface area contributed by atoms with Crippen molar-refractivity contribution in [3.63, 3.8) is 0 Å². The SMILES string of the molecule is CC1C(OC(=O)CCCCCCCCC(=O)O)CC(C)(C)N(C)C1C. The van der Waals surface area contributed by atoms with Crippen LogP contribution in [0, 0.1) is 5.92 Å². The molecule has 0 aromatic rings. The first-order chi connectivity index (χ1) is 11.6. The summed E-state index contributed by atoms with van der Waals surface area (Å²) in [6.45, 7) is 8.80. The van der Waals surface area contributed by atoms with E-state index in [4.69, 9.17) is 9.84 Å². The number of hydrogen-bond acceptors (Lipinski definition) is 4. The molecule has 0 spiro atoms. The predicted octanol–water partition coefficient (Wildman–Crippen LogP) is 4.24. The van der Waals surface area contributed by atoms with Gasteiger partial charge in [-0.1, -0.05) is 32.6 Å². The molecule has 3 atom stereocenters. The van der Waals surface area contributed by atoms with Crippen LogP contribution in [0.4, 0.5) is 0 Å². The number of carbonyl (C=O) groups is 2. The lowest BCUT2D eigenvalue weighted by molar-refractivity contribution is -0.161. The van der Waals surface area contributed by atoms with Crippen molar-refractivity contribution in [2.75, 3.05) is 7.05 Å². The Labute approximate surface area is 153 Å². The monoisotopic (exact) mass is 355 g/mol. The smallest absolute Gasteiger partial charge is 0.306 e. The summed E-state index contributed by atoms with van der Waals surface area (Å²) in [5.41, 5.74) is 0.0484. The van der Waals surface area contributed by atoms with Crippen LogP contribution in [0.1, 0.15) is 85.5 Å². The van der Waals surface area contributed by atoms with E-state index in [1.165, 1.54) is 0 Å². The fraction of sp³-hybridized carbons (Fsp3) is 0.900. The van der Waals surface area contributed by atoms with Crippen LogP contribution < -0.4 is 0 Å². The number of carbonyl (C=O) groups excluding carboxylic acids is 1. The van der Waals surface area contributed by atoms with Gasteiger partial charge in [0.2, 0.25) is 0 Å². The molecule has 0 saturated carbocycles. The normalized spacial score (nSPS) is 26.4. The van der Waals surface area contributed by atoms with E-state index >= 15 is 0 Å². The highest BCUT2D eigenvalue weighted by Gasteiger charge is 2.42. The third kappa shape index (κ3) is 7.35. The summed E-state index contributed by atoms with van der Waals surface area (Å²) in [5.74, 6) is -0.449. The van der Waals surface area contributed by atoms with E-state index in [-0.39, 0.29) is 24.0 Å². The van der Waals surface area contributed by atoms with Gasteiger partial charge in [-0.2, -0.15) is 0 Å². The summed E-state index contributed by atoms with van der Waals surface area (Å²) >= 11 is 0. The van der Waals surface area contributed by atoms with Crippen LogP contribution in [0.3, 0.4) is 0 Å². The topological polar surface area (TPSA) is 66.8 Å². The van der Waals surface area contributed by atoms with E-state index in [1.54, 1.807) is 0 Å². The largest absolute Gasteiger partial charge is 0.481 e. The maximum absolute atomic E-state index is 12.2. The lowest BCUT2D eigenvalue weighted by Gasteiger charge is -2.50. The molecule has 146 valence electrons. The Hall–Kier alpha value is -1.10. The molecule has 0 aliphatic carbocycles. The molecule has 1 fully saturated rings. The molecule has 1 heterocycles. The molecule has 5 heteroatoms. The lowest BCUT2D eigenvalue weighted by Crippen LogP contribution is -2.58. The van der Waals surface area contributed by atoms with Gasteiger partial charge in [-0.25, -0.2) is 0 Å². The van der Waals surface area contributed by atoms with Gasteiger partial charge in [0.25, 0.3) is 0 Å². The van der Waals surface area contributed by atoms with Gasteiger partial charge in [0.1, 0.15) is 6.10 Å². The van der Waals surface area contributed by atoms with Crippen molar-refractivity contribution in [3.8, 4) is 0 Å². The molecule has 1 saturated heterocycles. The van der Waals surface area contributed by atoms with Crippen LogP contribution in [-0.4, -0.2) is 46.7 Å². The first-order valence-corrected chi connectivity index (χ1v) is 9.79. The molecule has 1 rings (SSSR count). The fourth-order valence-electron chi connectivity index (χ4n) is 3.67. The Bertz CT molecular complexity index is 435. The number of piperidine rings is 1. The standard InChI is InChI=1S/C20H37NO4/c1-15-16(2)21(5)20(3,4)14-17(15)25-19(24)13-11-9-7-6-8-10-12-18(22)23/h15-17H,6-14H2,1-5H3,(H,22,23). The van der Waals surface area contributed by atoms with E-state index < -0.39 is 5.97 Å². The Morgan fingerprint density at radius 2 is 1.56 bits per heavy atom. The van der Waals surface area contributed by atoms with Crippen molar-refractivity contribution in [2.24, 2.45) is 5.92 Å². The summed E-state index contributed by atoms with van der Waals surface area (Å²) in [4.78, 5) is 25.0. The van der Waals surface area contributed by atoms with E-state index in [0.717, 1.165) is 44.9 Å². The van der Waals surface area contributed by atoms with E-state index in [1.807, 2.05) is 0 Å². The number of likely N-dealkylation sites (tertiary alicyclic amines) is 1. The Morgan fingerprint density at radius 3 is 2.12 bits per heavy atom. The molecule has 25 heavy (non-hydrogen) atoms. The number of unbranched alkanes of at least 4 members (excludes halogenated alkanes) is 5. The molecule has 0 aromatic heterocycles. The molecule has 0 aromatic carbocycles. The second-order valence-corrected chi connectivity index (χ2v) is 8.27. The number of carboxylic acid groups (broad SMARTS) is 1. The van der Waals surface area contributed by atoms with Crippen LogP contribution >= 0.6 is 0 Å². The van der Waals surface area contributed by atoms with Gasteiger partial charge < -0.3 is 9.84 Å². The van der Waals surface area contributed by atoms with E-state index in [9.17, 15) is 9.59 Å². The number of rotatable bonds is 10. The molecule has 3 unspecified atom stereocenters. The molecule has 1 aliphatic rings. The highest BCUT2D eigenvalue weighted by Crippen LogP contribution is 2.35. The van der Waals surface area contributed by atoms with Crippen LogP contribution in [0.15, 0.2) is 0 Å². The minimum Gasteiger partial charge on any atom is -0.481 e. The number of carboxylic acids is 1. The average molecular weight is 356 g/mol. The van der Waals surface area contributed by atoms with Gasteiger partial charge >= 0.3 is 11.9 Å². The summed E-state index contributed by atoms with van der Waals surface area (Å²) in [6, 6.07) is 0.396. The van der Waals surface area contributed by atoms with Crippen LogP contribution in [0.5, 0.6) is 0 Å². The van der Waals surface area contributed by atoms with Gasteiger partial charge in [0.05, 0.1) is 0 Å². The predicted molar refractivity (Wildman–Crippen MR) is 99.5 cm³/mol. The van der Waals surface area contributed by atoms with Crippen molar-refractivity contribution in [1.82, 2.24) is 4.90 Å². The molecule has 0 radical (unpaired) electrons. The van der Waals surface area contributed by atoms with Crippen LogP contribution in [0.2, 0.25) is 0 Å². The Morgan fingerprint density at radius 1 is 1.04 bits per heavy atom. The summed E-state index contributed by atoms with van der Waals surface area (Å²) in [5, 5.41) is 8.58. The highest BCUT2D eigenvalue weighted by atomic mass is 16.5. The first-order valence-electron chi connectivity index (χ1n) is 9.79. The van der Waals surface area contributed by atoms with Gasteiger partial charge in [-0.15, -0.1) is 0 Å². The van der Waals surface area contributed by atoms with Crippen molar-refractivity contribution < 1.29 is 19.4 Å². The van der Waals surface area contributed by atoms with Crippen LogP contribution in [0.25, 0.3) is 0 Å². The van der Waals surface area contributed by atoms with E-state index in [0.29, 0.717) is 18.4 Å². The zero-order chi connectivity index (χ0) is 19.0. The Kier molecular flexibility index (Phi) is 8.91. The zero-order valence-electron chi connectivity index (χ0n) is 16.7. The van der Waals surface area contributed by atoms with Crippen LogP contribution in [-0.2, 0) is 14.3 Å². The number of nitrogens with zero attached hydrogens (tertiary/aromatic N) is 1. The zero-order valence-corrected chi connectivity index (χ0v) is 16.7. The van der Waals surface area contributed by atoms with Gasteiger partial charge in [0, 0.05) is 36.8 Å². The molecule has 1 N–H and O–H groups in total. The third-order valence-electron chi connectivity index (χ3n) is 5.92. The molecule has 0 amide bonds. The first kappa shape index (κ1) is 21.9. The summed E-state index contributed by atoms with van der Waals surface area (Å²) < 4.78 is 5.80. The van der Waals surface area contributed by atoms with Crippen molar-refractivity contribution in [2.45, 2.75) is 103 Å². The lowest BCUT2D eigenvalue weighted by atomic mass is 9.79. The molecule has 1 aliphatic heterocycles. The Balaban J connectivity index is 2.20. The number of hydrogen-bond donors (Lipinski definition) is 1. The summed E-state index contributed by atoms with van der Waals surface area (Å²) in [7, 11) is 2.15. The highest BCUT2D eigenvalue weighted by molar-refractivity contribution is 5.69. The molecule has 5 nitrogen and oxygen atoms in total. The number of esters is 1. The molecule has 0 bridgehead atoms. The van der Waals surface area contributed by atoms with Crippen molar-refractivity contribution in [1.29, 1.82) is 0 Å². The molecular weight excluding hydrogens is 318 g/mol. The third-order valence-corrected chi connectivity index (χ3v) is 5.92. The average Bonchev–Trinajstić information content (AvgIpc) is 2.52. The minimum atomic E-state index is -0.719. The minimum absolute atomic E-state index is 0.00437. The maximum atomic E-state index is 12.2. The van der Waals surface area contributed by atoms with Crippen molar-refractivity contribution in [3.05, 3.63) is 0 Å². The summed E-state index contributed by atoms with van der Waals surface area (Å²) in [6.07, 6.45) is 7.30. The van der Waals surface area contributed by atoms with Crippen molar-refractivity contribution >= 4 is 11.9 Å². The fourth-order valence-corrected chi connectivity index (χ4v) is 3.67. The maximum Gasteiger partial charge on any atom is 0.306 e. The number of aliphatic carboxylic acids is 1. The second kappa shape index (κ2) is 10.1. The van der Waals surface area contributed by atoms with Gasteiger partial charge in [0.15, 0.2) is 0 Å². The second-order valence-electron chi connectivity index (χ2n) is 8.27. The quantitative estimate of drug-likeness (QED) is 0.469. The number of ether oxygens (including phenoxy) is 1. The van der Waals surface area contributed by atoms with Gasteiger partial charge in [-0.05, 0) is 40.7 Å².